The third-order valence-electron chi connectivity index (χ3n) is 2.54. The summed E-state index contributed by atoms with van der Waals surface area (Å²) in [6.07, 6.45) is 0. The van der Waals surface area contributed by atoms with Crippen molar-refractivity contribution >= 4 is 30.0 Å². The molecule has 94 valence electrons. The zero-order valence-electron chi connectivity index (χ0n) is 9.50. The first kappa shape index (κ1) is 12.9. The molecule has 18 heavy (non-hydrogen) atoms. The highest BCUT2D eigenvalue weighted by molar-refractivity contribution is 7.80. The molecule has 0 unspecified atom stereocenters. The number of thiol groups is 1. The molecule has 1 aromatic heterocycles. The maximum Gasteiger partial charge on any atom is 0.395 e. The summed E-state index contributed by atoms with van der Waals surface area (Å²) in [4.78, 5) is 14.1. The van der Waals surface area contributed by atoms with Crippen molar-refractivity contribution in [1.82, 2.24) is 9.55 Å². The molecule has 0 aliphatic carbocycles. The Morgan fingerprint density at radius 2 is 2.06 bits per heavy atom. The average molecular weight is 284 g/mol. The van der Waals surface area contributed by atoms with Crippen LogP contribution < -0.4 is 0 Å². The third kappa shape index (κ3) is 2.49. The van der Waals surface area contributed by atoms with Crippen molar-refractivity contribution in [3.8, 4) is 0 Å². The van der Waals surface area contributed by atoms with Gasteiger partial charge in [-0.3, -0.25) is 4.57 Å². The van der Waals surface area contributed by atoms with E-state index >= 15 is 0 Å². The Morgan fingerprint density at radius 1 is 1.44 bits per heavy atom. The summed E-state index contributed by atoms with van der Waals surface area (Å²) in [5.41, 5.74) is 0.977. The minimum atomic E-state index is -0.534. The van der Waals surface area contributed by atoms with Crippen molar-refractivity contribution in [2.24, 2.45) is 0 Å². The second-order valence-corrected chi connectivity index (χ2v) is 4.64. The minimum absolute atomic E-state index is 0.218. The fourth-order valence-electron chi connectivity index (χ4n) is 1.62. The third-order valence-corrected chi connectivity index (χ3v) is 3.23. The van der Waals surface area contributed by atoms with Crippen LogP contribution >= 0.6 is 24.2 Å². The predicted molar refractivity (Wildman–Crippen MR) is 71.4 cm³/mol. The molecule has 0 radical (unpaired) electrons. The van der Waals surface area contributed by atoms with Gasteiger partial charge in [-0.25, -0.2) is 0 Å². The monoisotopic (exact) mass is 283 g/mol. The summed E-state index contributed by atoms with van der Waals surface area (Å²) >= 11 is 9.95. The van der Waals surface area contributed by atoms with Gasteiger partial charge in [0.25, 0.3) is 0 Å². The summed E-state index contributed by atoms with van der Waals surface area (Å²) < 4.78 is 1.69. The summed E-state index contributed by atoms with van der Waals surface area (Å²) in [5.74, 6) is 0.339. The Morgan fingerprint density at radius 3 is 2.56 bits per heavy atom. The van der Waals surface area contributed by atoms with E-state index in [9.17, 15) is 10.1 Å². The van der Waals surface area contributed by atoms with E-state index in [0.717, 1.165) is 5.56 Å². The summed E-state index contributed by atoms with van der Waals surface area (Å²) in [6, 6.07) is 7.27. The molecule has 0 amide bonds. The van der Waals surface area contributed by atoms with Crippen LogP contribution in [0.25, 0.3) is 0 Å². The molecule has 0 fully saturated rings. The second kappa shape index (κ2) is 4.99. The van der Waals surface area contributed by atoms with Gasteiger partial charge in [0.05, 0.1) is 6.54 Å². The lowest BCUT2D eigenvalue weighted by Crippen LogP contribution is -2.02. The quantitative estimate of drug-likeness (QED) is 0.535. The van der Waals surface area contributed by atoms with Gasteiger partial charge in [0.2, 0.25) is 5.82 Å². The SMILES string of the molecule is Cc1nc([N+](=O)[O-])c(S)n1Cc1ccc(Cl)cc1. The van der Waals surface area contributed by atoms with E-state index in [1.807, 2.05) is 12.1 Å². The van der Waals surface area contributed by atoms with Crippen molar-refractivity contribution in [1.29, 1.82) is 0 Å². The zero-order valence-corrected chi connectivity index (χ0v) is 11.2. The molecule has 0 saturated carbocycles. The molecular weight excluding hydrogens is 274 g/mol. The summed E-state index contributed by atoms with van der Waals surface area (Å²) in [7, 11) is 0. The highest BCUT2D eigenvalue weighted by atomic mass is 35.5. The van der Waals surface area contributed by atoms with Gasteiger partial charge in [-0.2, -0.15) is 0 Å². The van der Waals surface area contributed by atoms with Crippen molar-refractivity contribution in [2.45, 2.75) is 18.5 Å². The predicted octanol–water partition coefficient (Wildman–Crippen LogP) is 3.09. The molecule has 2 aromatic rings. The van der Waals surface area contributed by atoms with Crippen LogP contribution in [0.15, 0.2) is 29.3 Å². The van der Waals surface area contributed by atoms with E-state index in [4.69, 9.17) is 11.6 Å². The van der Waals surface area contributed by atoms with Crippen LogP contribution in [0.1, 0.15) is 11.4 Å². The van der Waals surface area contributed by atoms with Gasteiger partial charge in [0.15, 0.2) is 5.03 Å². The van der Waals surface area contributed by atoms with E-state index in [0.29, 0.717) is 17.4 Å². The Hall–Kier alpha value is -1.53. The Labute approximate surface area is 114 Å². The fourth-order valence-corrected chi connectivity index (χ4v) is 2.09. The van der Waals surface area contributed by atoms with Crippen LogP contribution in [0.5, 0.6) is 0 Å². The number of benzene rings is 1. The van der Waals surface area contributed by atoms with E-state index in [1.165, 1.54) is 0 Å². The molecule has 1 aromatic carbocycles. The van der Waals surface area contributed by atoms with Crippen LogP contribution in [-0.2, 0) is 6.54 Å². The van der Waals surface area contributed by atoms with Crippen LogP contribution in [0.2, 0.25) is 5.02 Å². The number of aromatic nitrogens is 2. The van der Waals surface area contributed by atoms with Crippen molar-refractivity contribution < 1.29 is 4.92 Å². The molecule has 7 heteroatoms. The summed E-state index contributed by atoms with van der Waals surface area (Å²) in [6.45, 7) is 2.19. The van der Waals surface area contributed by atoms with E-state index < -0.39 is 4.92 Å². The van der Waals surface area contributed by atoms with Gasteiger partial charge in [-0.05, 0) is 27.6 Å². The smallest absolute Gasteiger partial charge is 0.358 e. The van der Waals surface area contributed by atoms with Gasteiger partial charge in [0, 0.05) is 11.9 Å². The number of nitrogens with zero attached hydrogens (tertiary/aromatic N) is 3. The topological polar surface area (TPSA) is 61.0 Å². The molecule has 0 N–H and O–H groups in total. The molecule has 0 spiro atoms. The number of aryl methyl sites for hydroxylation is 1. The normalized spacial score (nSPS) is 10.6. The standard InChI is InChI=1S/C11H10ClN3O2S/c1-7-13-10(15(16)17)11(18)14(7)6-8-2-4-9(12)5-3-8/h2-5,18H,6H2,1H3. The highest BCUT2D eigenvalue weighted by Gasteiger charge is 2.22. The first-order valence-corrected chi connectivity index (χ1v) is 5.96. The summed E-state index contributed by atoms with van der Waals surface area (Å²) in [5, 5.41) is 11.7. The largest absolute Gasteiger partial charge is 0.395 e. The maximum absolute atomic E-state index is 10.7. The first-order chi connectivity index (χ1) is 8.49. The molecule has 0 atom stereocenters. The van der Waals surface area contributed by atoms with Gasteiger partial charge in [0.1, 0.15) is 0 Å². The Bertz CT molecular complexity index is 595. The lowest BCUT2D eigenvalue weighted by Gasteiger charge is -2.05. The van der Waals surface area contributed by atoms with Gasteiger partial charge in [-0.15, -0.1) is 12.6 Å². The molecular formula is C11H10ClN3O2S. The molecule has 1 heterocycles. The van der Waals surface area contributed by atoms with Crippen molar-refractivity contribution in [3.63, 3.8) is 0 Å². The van der Waals surface area contributed by atoms with Crippen LogP contribution in [-0.4, -0.2) is 14.5 Å². The molecule has 0 aliphatic rings. The first-order valence-electron chi connectivity index (χ1n) is 5.14. The molecule has 0 saturated heterocycles. The van der Waals surface area contributed by atoms with Gasteiger partial charge >= 0.3 is 5.82 Å². The fraction of sp³-hybridized carbons (Fsp3) is 0.182. The lowest BCUT2D eigenvalue weighted by molar-refractivity contribution is -0.392. The molecule has 5 nitrogen and oxygen atoms in total. The number of rotatable bonds is 3. The lowest BCUT2D eigenvalue weighted by atomic mass is 10.2. The molecule has 0 aliphatic heterocycles. The van der Waals surface area contributed by atoms with Crippen LogP contribution in [0.4, 0.5) is 5.82 Å². The number of halogens is 1. The minimum Gasteiger partial charge on any atom is -0.358 e. The van der Waals surface area contributed by atoms with Crippen LogP contribution in [0, 0.1) is 17.0 Å². The maximum atomic E-state index is 10.7. The van der Waals surface area contributed by atoms with Crippen molar-refractivity contribution in [3.05, 3.63) is 50.8 Å². The number of hydrogen-bond acceptors (Lipinski definition) is 4. The number of imidazole rings is 1. The number of hydrogen-bond donors (Lipinski definition) is 1. The molecule has 2 rings (SSSR count). The zero-order chi connectivity index (χ0) is 13.3. The van der Waals surface area contributed by atoms with Crippen molar-refractivity contribution in [2.75, 3.05) is 0 Å². The van der Waals surface area contributed by atoms with E-state index in [2.05, 4.69) is 17.6 Å². The highest BCUT2D eigenvalue weighted by Crippen LogP contribution is 2.24. The van der Waals surface area contributed by atoms with Gasteiger partial charge < -0.3 is 10.1 Å². The Balaban J connectivity index is 2.34. The van der Waals surface area contributed by atoms with Crippen LogP contribution in [0.3, 0.4) is 0 Å². The van der Waals surface area contributed by atoms with E-state index in [1.54, 1.807) is 23.6 Å². The average Bonchev–Trinajstić information content (AvgIpc) is 2.60. The second-order valence-electron chi connectivity index (χ2n) is 3.78. The Kier molecular flexibility index (Phi) is 3.58. The van der Waals surface area contributed by atoms with Gasteiger partial charge in [-0.1, -0.05) is 23.7 Å². The molecule has 0 bridgehead atoms. The number of nitro groups is 1. The van der Waals surface area contributed by atoms with E-state index in [-0.39, 0.29) is 10.8 Å².